The van der Waals surface area contributed by atoms with Crippen LogP contribution in [0.1, 0.15) is 74.8 Å². The maximum Gasteiger partial charge on any atom is 0.435 e. The van der Waals surface area contributed by atoms with Gasteiger partial charge in [0.05, 0.1) is 28.2 Å². The van der Waals surface area contributed by atoms with Crippen LogP contribution in [0, 0.1) is 16.7 Å². The minimum Gasteiger partial charge on any atom is -0.444 e. The Bertz CT molecular complexity index is 1280. The number of anilines is 1. The number of rotatable bonds is 3. The molecule has 0 saturated carbocycles. The number of nitriles is 1. The number of carbonyl (C=O) groups is 2. The number of carbonyl (C=O) groups excluding carboxylic acids is 2. The fraction of sp³-hybridized carbons (Fsp3) is 0.538. The van der Waals surface area contributed by atoms with Crippen LogP contribution in [0.4, 0.5) is 23.7 Å². The van der Waals surface area contributed by atoms with E-state index in [1.54, 1.807) is 31.7 Å². The zero-order chi connectivity index (χ0) is 27.3. The molecule has 1 aliphatic carbocycles. The second-order valence-corrected chi connectivity index (χ2v) is 11.4. The van der Waals surface area contributed by atoms with Gasteiger partial charge >= 0.3 is 12.3 Å². The van der Waals surface area contributed by atoms with Crippen molar-refractivity contribution in [2.24, 2.45) is 5.41 Å². The predicted molar refractivity (Wildman–Crippen MR) is 130 cm³/mol. The fourth-order valence-electron chi connectivity index (χ4n) is 4.83. The molecular weight excluding hydrogens is 487 g/mol. The zero-order valence-electron chi connectivity index (χ0n) is 21.5. The molecule has 1 amide bonds. The Kier molecular flexibility index (Phi) is 6.51. The Morgan fingerprint density at radius 3 is 2.57 bits per heavy atom. The average molecular weight is 518 g/mol. The Hall–Kier alpha value is -3.55. The lowest BCUT2D eigenvalue weighted by Gasteiger charge is -2.29. The van der Waals surface area contributed by atoms with Crippen LogP contribution in [0.3, 0.4) is 0 Å². The number of nitrogens with one attached hydrogen (secondary N) is 1. The molecule has 0 bridgehead atoms. The number of ketones is 1. The summed E-state index contributed by atoms with van der Waals surface area (Å²) >= 11 is 0. The first kappa shape index (κ1) is 26.5. The molecule has 1 aromatic heterocycles. The summed E-state index contributed by atoms with van der Waals surface area (Å²) in [5.41, 5.74) is -1.49. The number of Topliss-reactive ketones (excluding diaryl/α,β-unsaturated/α-hetero) is 1. The van der Waals surface area contributed by atoms with Gasteiger partial charge in [0, 0.05) is 25.6 Å². The number of aromatic nitrogens is 2. The molecule has 2 aromatic rings. The predicted octanol–water partition coefficient (Wildman–Crippen LogP) is 5.34. The first-order chi connectivity index (χ1) is 17.1. The van der Waals surface area contributed by atoms with Gasteiger partial charge in [-0.2, -0.15) is 23.5 Å². The van der Waals surface area contributed by atoms with E-state index < -0.39 is 34.8 Å². The second kappa shape index (κ2) is 9.08. The quantitative estimate of drug-likeness (QED) is 0.590. The van der Waals surface area contributed by atoms with Crippen LogP contribution in [0.15, 0.2) is 18.2 Å². The van der Waals surface area contributed by atoms with E-state index in [9.17, 15) is 28.0 Å². The lowest BCUT2D eigenvalue weighted by Crippen LogP contribution is -2.36. The summed E-state index contributed by atoms with van der Waals surface area (Å²) in [6.45, 7) is 9.84. The summed E-state index contributed by atoms with van der Waals surface area (Å²) in [5, 5.41) is 16.7. The SMILES string of the molecule is CC1(C)CC(=O)c2c(C(F)(F)F)nn(-c3ccc(C#N)c(N[C@H]4CCN(C(=O)OC(C)(C)C)C4)c3)c2C1. The van der Waals surface area contributed by atoms with Gasteiger partial charge < -0.3 is 15.0 Å². The summed E-state index contributed by atoms with van der Waals surface area (Å²) in [6.07, 6.45) is -4.36. The molecule has 0 unspecified atom stereocenters. The number of hydrogen-bond acceptors (Lipinski definition) is 6. The summed E-state index contributed by atoms with van der Waals surface area (Å²) in [5.74, 6) is -0.579. The molecule has 37 heavy (non-hydrogen) atoms. The monoisotopic (exact) mass is 517 g/mol. The maximum absolute atomic E-state index is 13.8. The summed E-state index contributed by atoms with van der Waals surface area (Å²) in [6, 6.07) is 6.50. The third-order valence-electron chi connectivity index (χ3n) is 6.38. The molecule has 4 rings (SSSR count). The van der Waals surface area contributed by atoms with E-state index in [1.807, 2.05) is 13.8 Å². The normalized spacial score (nSPS) is 19.4. The minimum atomic E-state index is -4.78. The molecule has 1 aromatic carbocycles. The van der Waals surface area contributed by atoms with Crippen LogP contribution in [-0.4, -0.2) is 51.3 Å². The second-order valence-electron chi connectivity index (χ2n) is 11.4. The molecule has 0 radical (unpaired) electrons. The number of benzene rings is 1. The number of fused-ring (bicyclic) bond motifs is 1. The number of ether oxygens (including phenoxy) is 1. The largest absolute Gasteiger partial charge is 0.444 e. The van der Waals surface area contributed by atoms with Crippen molar-refractivity contribution in [3.63, 3.8) is 0 Å². The van der Waals surface area contributed by atoms with Crippen LogP contribution < -0.4 is 5.32 Å². The van der Waals surface area contributed by atoms with Gasteiger partial charge in [-0.05, 0) is 57.2 Å². The van der Waals surface area contributed by atoms with Crippen molar-refractivity contribution in [3.8, 4) is 11.8 Å². The summed E-state index contributed by atoms with van der Waals surface area (Å²) < 4.78 is 48.1. The average Bonchev–Trinajstić information content (AvgIpc) is 3.36. The third kappa shape index (κ3) is 5.58. The Morgan fingerprint density at radius 1 is 1.24 bits per heavy atom. The van der Waals surface area contributed by atoms with Gasteiger partial charge in [0.25, 0.3) is 0 Å². The number of alkyl halides is 3. The van der Waals surface area contributed by atoms with E-state index in [-0.39, 0.29) is 30.1 Å². The van der Waals surface area contributed by atoms with Gasteiger partial charge in [0.2, 0.25) is 0 Å². The van der Waals surface area contributed by atoms with E-state index in [4.69, 9.17) is 4.74 Å². The van der Waals surface area contributed by atoms with Gasteiger partial charge in [-0.15, -0.1) is 0 Å². The zero-order valence-corrected chi connectivity index (χ0v) is 21.5. The first-order valence-corrected chi connectivity index (χ1v) is 12.1. The Balaban J connectivity index is 1.67. The lowest BCUT2D eigenvalue weighted by molar-refractivity contribution is -0.141. The maximum atomic E-state index is 13.8. The molecule has 1 atom stereocenters. The standard InChI is InChI=1S/C26H30F3N5O3/c1-24(2,3)37-23(36)33-9-8-16(14-33)31-18-10-17(7-6-15(18)13-30)34-19-11-25(4,5)12-20(35)21(19)22(32-34)26(27,28)29/h6-7,10,16,31H,8-9,11-12,14H2,1-5H3/t16-/m0/s1. The number of hydrogen-bond donors (Lipinski definition) is 1. The van der Waals surface area contributed by atoms with Crippen molar-refractivity contribution < 1.29 is 27.5 Å². The lowest BCUT2D eigenvalue weighted by atomic mass is 9.75. The number of likely N-dealkylation sites (tertiary alicyclic amines) is 1. The van der Waals surface area contributed by atoms with Crippen molar-refractivity contribution in [2.45, 2.75) is 71.7 Å². The van der Waals surface area contributed by atoms with Gasteiger partial charge in [-0.25, -0.2) is 9.48 Å². The van der Waals surface area contributed by atoms with Crippen molar-refractivity contribution in [1.29, 1.82) is 5.26 Å². The fourth-order valence-corrected chi connectivity index (χ4v) is 4.83. The van der Waals surface area contributed by atoms with Crippen molar-refractivity contribution >= 4 is 17.6 Å². The van der Waals surface area contributed by atoms with E-state index >= 15 is 0 Å². The van der Waals surface area contributed by atoms with Crippen LogP contribution in [-0.2, 0) is 17.3 Å². The highest BCUT2D eigenvalue weighted by molar-refractivity contribution is 6.00. The molecular formula is C26H30F3N5O3. The highest BCUT2D eigenvalue weighted by Gasteiger charge is 2.45. The van der Waals surface area contributed by atoms with E-state index in [2.05, 4.69) is 16.5 Å². The van der Waals surface area contributed by atoms with Gasteiger partial charge in [-0.3, -0.25) is 4.79 Å². The number of halogens is 3. The molecule has 0 spiro atoms. The van der Waals surface area contributed by atoms with E-state index in [1.165, 1.54) is 16.8 Å². The summed E-state index contributed by atoms with van der Waals surface area (Å²) in [7, 11) is 0. The van der Waals surface area contributed by atoms with Crippen molar-refractivity contribution in [1.82, 2.24) is 14.7 Å². The van der Waals surface area contributed by atoms with Crippen LogP contribution >= 0.6 is 0 Å². The Labute approximate surface area is 213 Å². The molecule has 11 heteroatoms. The van der Waals surface area contributed by atoms with Crippen LogP contribution in [0.2, 0.25) is 0 Å². The minimum absolute atomic E-state index is 0.00474. The molecule has 1 fully saturated rings. The van der Waals surface area contributed by atoms with Gasteiger partial charge in [0.15, 0.2) is 11.5 Å². The number of nitrogens with zero attached hydrogens (tertiary/aromatic N) is 4. The highest BCUT2D eigenvalue weighted by Crippen LogP contribution is 2.42. The van der Waals surface area contributed by atoms with Crippen LogP contribution in [0.25, 0.3) is 5.69 Å². The topological polar surface area (TPSA) is 100 Å². The highest BCUT2D eigenvalue weighted by atomic mass is 19.4. The van der Waals surface area contributed by atoms with Crippen molar-refractivity contribution in [3.05, 3.63) is 40.7 Å². The van der Waals surface area contributed by atoms with Gasteiger partial charge in [0.1, 0.15) is 11.7 Å². The Morgan fingerprint density at radius 2 is 1.95 bits per heavy atom. The molecule has 8 nitrogen and oxygen atoms in total. The molecule has 1 saturated heterocycles. The van der Waals surface area contributed by atoms with Crippen molar-refractivity contribution in [2.75, 3.05) is 18.4 Å². The molecule has 1 N–H and O–H groups in total. The molecule has 2 aliphatic rings. The first-order valence-electron chi connectivity index (χ1n) is 12.1. The molecule has 2 heterocycles. The third-order valence-corrected chi connectivity index (χ3v) is 6.38. The van der Waals surface area contributed by atoms with E-state index in [0.29, 0.717) is 36.4 Å². The number of amides is 1. The molecule has 198 valence electrons. The van der Waals surface area contributed by atoms with Gasteiger partial charge in [-0.1, -0.05) is 13.8 Å². The smallest absolute Gasteiger partial charge is 0.435 e. The molecule has 1 aliphatic heterocycles. The summed E-state index contributed by atoms with van der Waals surface area (Å²) in [4.78, 5) is 26.7. The van der Waals surface area contributed by atoms with E-state index in [0.717, 1.165) is 0 Å². The van der Waals surface area contributed by atoms with Crippen LogP contribution in [0.5, 0.6) is 0 Å².